The van der Waals surface area contributed by atoms with E-state index in [1.54, 1.807) is 7.11 Å². The van der Waals surface area contributed by atoms with Crippen LogP contribution in [0.4, 0.5) is 0 Å². The van der Waals surface area contributed by atoms with Crippen LogP contribution in [0.3, 0.4) is 0 Å². The summed E-state index contributed by atoms with van der Waals surface area (Å²) in [4.78, 5) is 28.3. The van der Waals surface area contributed by atoms with Crippen molar-refractivity contribution in [1.82, 2.24) is 4.90 Å². The third-order valence-corrected chi connectivity index (χ3v) is 6.70. The Balaban J connectivity index is 1.37. The van der Waals surface area contributed by atoms with Crippen LogP contribution in [0, 0.1) is 0 Å². The number of rotatable bonds is 4. The van der Waals surface area contributed by atoms with Gasteiger partial charge in [0, 0.05) is 31.5 Å². The zero-order valence-electron chi connectivity index (χ0n) is 19.2. The molecule has 172 valence electrons. The normalized spacial score (nSPS) is 17.1. The Kier molecular flexibility index (Phi) is 5.93. The van der Waals surface area contributed by atoms with Crippen LogP contribution in [0.1, 0.15) is 40.7 Å². The fourth-order valence-electron chi connectivity index (χ4n) is 4.76. The quantitative estimate of drug-likeness (QED) is 0.399. The lowest BCUT2D eigenvalue weighted by atomic mass is 9.82. The molecule has 0 unspecified atom stereocenters. The molecule has 5 heteroatoms. The summed E-state index contributed by atoms with van der Waals surface area (Å²) < 4.78 is 11.6. The molecule has 5 nitrogen and oxygen atoms in total. The number of ether oxygens (including phenoxy) is 2. The van der Waals surface area contributed by atoms with Gasteiger partial charge in [-0.2, -0.15) is 0 Å². The molecule has 2 aliphatic heterocycles. The Morgan fingerprint density at radius 3 is 2.32 bits per heavy atom. The van der Waals surface area contributed by atoms with Crippen molar-refractivity contribution in [3.63, 3.8) is 0 Å². The Morgan fingerprint density at radius 2 is 1.62 bits per heavy atom. The number of hydrogen-bond acceptors (Lipinski definition) is 4. The van der Waals surface area contributed by atoms with Crippen molar-refractivity contribution < 1.29 is 19.1 Å². The molecule has 0 aliphatic carbocycles. The molecule has 0 atom stereocenters. The number of ketones is 1. The van der Waals surface area contributed by atoms with Gasteiger partial charge in [-0.05, 0) is 41.5 Å². The van der Waals surface area contributed by atoms with Crippen molar-refractivity contribution in [2.45, 2.75) is 24.9 Å². The molecule has 0 bridgehead atoms. The van der Waals surface area contributed by atoms with Crippen LogP contribution >= 0.6 is 0 Å². The lowest BCUT2D eigenvalue weighted by Gasteiger charge is -2.44. The van der Waals surface area contributed by atoms with Crippen molar-refractivity contribution in [2.24, 2.45) is 0 Å². The summed E-state index contributed by atoms with van der Waals surface area (Å²) in [6.07, 6.45) is 3.55. The smallest absolute Gasteiger partial charge is 0.254 e. The molecule has 5 rings (SSSR count). The molecule has 0 radical (unpaired) electrons. The van der Waals surface area contributed by atoms with E-state index in [0.717, 1.165) is 16.9 Å². The number of hydrogen-bond donors (Lipinski definition) is 0. The van der Waals surface area contributed by atoms with E-state index in [1.165, 1.54) is 0 Å². The summed E-state index contributed by atoms with van der Waals surface area (Å²) in [7, 11) is 1.63. The second-order valence-electron chi connectivity index (χ2n) is 8.87. The third kappa shape index (κ3) is 4.34. The summed E-state index contributed by atoms with van der Waals surface area (Å²) >= 11 is 0. The number of carbonyl (C=O) groups is 2. The van der Waals surface area contributed by atoms with Gasteiger partial charge in [0.1, 0.15) is 17.1 Å². The summed E-state index contributed by atoms with van der Waals surface area (Å²) in [5.74, 6) is 1.53. The number of nitrogens with zero attached hydrogens (tertiary/aromatic N) is 1. The van der Waals surface area contributed by atoms with Crippen LogP contribution in [0.2, 0.25) is 0 Å². The van der Waals surface area contributed by atoms with Crippen LogP contribution in [0.5, 0.6) is 11.5 Å². The summed E-state index contributed by atoms with van der Waals surface area (Å²) in [5, 5.41) is 0. The van der Waals surface area contributed by atoms with Crippen LogP contribution in [-0.4, -0.2) is 42.4 Å². The number of Topliss-reactive ketones (excluding diaryl/α,β-unsaturated/α-hetero) is 1. The van der Waals surface area contributed by atoms with Gasteiger partial charge in [0.05, 0.1) is 19.1 Å². The lowest BCUT2D eigenvalue weighted by molar-refractivity contribution is -0.128. The van der Waals surface area contributed by atoms with E-state index in [9.17, 15) is 9.59 Å². The minimum Gasteiger partial charge on any atom is -0.497 e. The first-order valence-corrected chi connectivity index (χ1v) is 11.6. The van der Waals surface area contributed by atoms with Crippen molar-refractivity contribution in [1.29, 1.82) is 0 Å². The van der Waals surface area contributed by atoms with Gasteiger partial charge in [-0.1, -0.05) is 54.6 Å². The topological polar surface area (TPSA) is 55.8 Å². The summed E-state index contributed by atoms with van der Waals surface area (Å²) in [6, 6.07) is 24.8. The van der Waals surface area contributed by atoms with Crippen molar-refractivity contribution in [3.8, 4) is 11.5 Å². The number of likely N-dealkylation sites (tertiary alicyclic amines) is 1. The molecule has 0 N–H and O–H groups in total. The first-order valence-electron chi connectivity index (χ1n) is 11.6. The number of piperidine rings is 1. The van der Waals surface area contributed by atoms with Crippen molar-refractivity contribution in [2.75, 3.05) is 20.2 Å². The van der Waals surface area contributed by atoms with E-state index < -0.39 is 5.60 Å². The average molecular weight is 454 g/mol. The maximum Gasteiger partial charge on any atom is 0.254 e. The molecule has 0 saturated carbocycles. The summed E-state index contributed by atoms with van der Waals surface area (Å²) in [6.45, 7) is 1.09. The minimum atomic E-state index is -0.533. The maximum absolute atomic E-state index is 13.7. The molecule has 2 aliphatic rings. The molecule has 1 fully saturated rings. The molecule has 3 aromatic carbocycles. The number of amides is 1. The molecule has 0 aromatic heterocycles. The van der Waals surface area contributed by atoms with Crippen LogP contribution < -0.4 is 9.47 Å². The lowest BCUT2D eigenvalue weighted by Crippen LogP contribution is -2.52. The third-order valence-electron chi connectivity index (χ3n) is 6.70. The molecular weight excluding hydrogens is 426 g/mol. The maximum atomic E-state index is 13.7. The molecule has 2 heterocycles. The monoisotopic (exact) mass is 453 g/mol. The van der Waals surface area contributed by atoms with E-state index in [2.05, 4.69) is 0 Å². The molecule has 3 aromatic rings. The van der Waals surface area contributed by atoms with E-state index >= 15 is 0 Å². The first-order chi connectivity index (χ1) is 16.6. The highest BCUT2D eigenvalue weighted by atomic mass is 16.5. The predicted octanol–water partition coefficient (Wildman–Crippen LogP) is 5.26. The van der Waals surface area contributed by atoms with Crippen molar-refractivity contribution in [3.05, 3.63) is 95.6 Å². The highest BCUT2D eigenvalue weighted by Crippen LogP contribution is 2.39. The zero-order chi connectivity index (χ0) is 23.5. The molecular formula is C29H27NO4. The zero-order valence-corrected chi connectivity index (χ0v) is 19.2. The second kappa shape index (κ2) is 9.18. The average Bonchev–Trinajstić information content (AvgIpc) is 2.88. The molecule has 1 spiro atoms. The van der Waals surface area contributed by atoms with Crippen molar-refractivity contribution >= 4 is 23.3 Å². The van der Waals surface area contributed by atoms with Gasteiger partial charge in [-0.15, -0.1) is 0 Å². The summed E-state index contributed by atoms with van der Waals surface area (Å²) in [5.41, 5.74) is 2.57. The molecule has 1 amide bonds. The van der Waals surface area contributed by atoms with Gasteiger partial charge in [-0.25, -0.2) is 0 Å². The van der Waals surface area contributed by atoms with E-state index in [4.69, 9.17) is 9.47 Å². The van der Waals surface area contributed by atoms with E-state index in [1.807, 2.05) is 89.8 Å². The molecule has 34 heavy (non-hydrogen) atoms. The van der Waals surface area contributed by atoms with Crippen LogP contribution in [0.25, 0.3) is 11.6 Å². The molecule has 1 saturated heterocycles. The Bertz CT molecular complexity index is 1220. The number of para-hydroxylation sites is 1. The van der Waals surface area contributed by atoms with Gasteiger partial charge in [0.2, 0.25) is 0 Å². The Hall–Kier alpha value is -3.86. The SMILES string of the molecule is COc1ccc(/C=C(/C(=O)N2CCC3(CC2)CC(=O)c2ccccc2O3)c2ccccc2)cc1. The van der Waals surface area contributed by atoms with Gasteiger partial charge in [-0.3, -0.25) is 9.59 Å². The Morgan fingerprint density at radius 1 is 0.941 bits per heavy atom. The fraction of sp³-hybridized carbons (Fsp3) is 0.241. The van der Waals surface area contributed by atoms with Gasteiger partial charge in [0.15, 0.2) is 5.78 Å². The van der Waals surface area contributed by atoms with E-state index in [0.29, 0.717) is 49.2 Å². The minimum absolute atomic E-state index is 0.0144. The highest BCUT2D eigenvalue weighted by Gasteiger charge is 2.43. The Labute approximate surface area is 199 Å². The predicted molar refractivity (Wildman–Crippen MR) is 132 cm³/mol. The van der Waals surface area contributed by atoms with E-state index in [-0.39, 0.29) is 11.7 Å². The van der Waals surface area contributed by atoms with Gasteiger partial charge in [0.25, 0.3) is 5.91 Å². The number of fused-ring (bicyclic) bond motifs is 1. The highest BCUT2D eigenvalue weighted by molar-refractivity contribution is 6.24. The first kappa shape index (κ1) is 22.0. The number of methoxy groups -OCH3 is 1. The van der Waals surface area contributed by atoms with Crippen LogP contribution in [-0.2, 0) is 4.79 Å². The number of benzene rings is 3. The largest absolute Gasteiger partial charge is 0.497 e. The van der Waals surface area contributed by atoms with Gasteiger partial charge < -0.3 is 14.4 Å². The fourth-order valence-corrected chi connectivity index (χ4v) is 4.76. The number of carbonyl (C=O) groups excluding carboxylic acids is 2. The second-order valence-corrected chi connectivity index (χ2v) is 8.87. The van der Waals surface area contributed by atoms with Crippen LogP contribution in [0.15, 0.2) is 78.9 Å². The van der Waals surface area contributed by atoms with Gasteiger partial charge >= 0.3 is 0 Å². The standard InChI is InChI=1S/C29H27NO4/c1-33-23-13-11-21(12-14-23)19-25(22-7-3-2-4-8-22)28(32)30-17-15-29(16-18-30)20-26(31)24-9-5-6-10-27(24)34-29/h2-14,19H,15-18,20H2,1H3/b25-19+.